The lowest BCUT2D eigenvalue weighted by Gasteiger charge is -2.33. The Balaban J connectivity index is 0.00000288. The van der Waals surface area contributed by atoms with Crippen molar-refractivity contribution in [3.05, 3.63) is 34.3 Å². The van der Waals surface area contributed by atoms with Crippen LogP contribution in [0.25, 0.3) is 0 Å². The number of hydrogen-bond acceptors (Lipinski definition) is 3. The average molecular weight is 510 g/mol. The fourth-order valence-electron chi connectivity index (χ4n) is 2.75. The van der Waals surface area contributed by atoms with Crippen LogP contribution in [0.3, 0.4) is 0 Å². The number of ether oxygens (including phenoxy) is 1. The van der Waals surface area contributed by atoms with Gasteiger partial charge in [-0.15, -0.1) is 24.0 Å². The van der Waals surface area contributed by atoms with E-state index in [1.165, 1.54) is 5.56 Å². The van der Waals surface area contributed by atoms with Crippen molar-refractivity contribution in [1.82, 2.24) is 10.2 Å². The molecule has 0 atom stereocenters. The summed E-state index contributed by atoms with van der Waals surface area (Å²) in [4.78, 5) is 18.4. The molecule has 1 saturated heterocycles. The molecule has 0 amide bonds. The summed E-state index contributed by atoms with van der Waals surface area (Å²) in [6, 6.07) is 8.21. The Morgan fingerprint density at radius 1 is 1.42 bits per heavy atom. The highest BCUT2D eigenvalue weighted by Crippen LogP contribution is 2.19. The number of guanidine groups is 1. The van der Waals surface area contributed by atoms with Gasteiger partial charge in [-0.05, 0) is 37.5 Å². The molecule has 1 aliphatic heterocycles. The number of nitrogens with zero attached hydrogens (tertiary/aromatic N) is 2. The van der Waals surface area contributed by atoms with Crippen molar-refractivity contribution in [3.63, 3.8) is 0 Å². The number of hydrogen-bond donors (Lipinski definition) is 1. The number of aliphatic imine (C=N–C) groups is 1. The third kappa shape index (κ3) is 6.23. The summed E-state index contributed by atoms with van der Waals surface area (Å²) in [5, 5.41) is 3.39. The minimum atomic E-state index is -0.0655. The van der Waals surface area contributed by atoms with Crippen molar-refractivity contribution in [2.24, 2.45) is 10.9 Å². The number of likely N-dealkylation sites (tertiary alicyclic amines) is 1. The summed E-state index contributed by atoms with van der Waals surface area (Å²) >= 11 is 3.48. The van der Waals surface area contributed by atoms with Crippen molar-refractivity contribution in [3.8, 4) is 0 Å². The molecule has 0 saturated carbocycles. The number of rotatable bonds is 4. The molecule has 0 aliphatic carbocycles. The number of benzene rings is 1. The van der Waals surface area contributed by atoms with E-state index >= 15 is 0 Å². The summed E-state index contributed by atoms with van der Waals surface area (Å²) in [5.41, 5.74) is 1.20. The molecule has 134 valence electrons. The molecular weight excluding hydrogens is 485 g/mol. The second kappa shape index (κ2) is 10.9. The van der Waals surface area contributed by atoms with Gasteiger partial charge in [0.05, 0.1) is 12.5 Å². The van der Waals surface area contributed by atoms with Gasteiger partial charge in [-0.1, -0.05) is 28.1 Å². The van der Waals surface area contributed by atoms with E-state index in [2.05, 4.69) is 43.3 Å². The van der Waals surface area contributed by atoms with Crippen LogP contribution in [-0.2, 0) is 16.1 Å². The van der Waals surface area contributed by atoms with Crippen LogP contribution < -0.4 is 5.32 Å². The van der Waals surface area contributed by atoms with Gasteiger partial charge in [0.1, 0.15) is 0 Å². The molecule has 0 spiro atoms. The monoisotopic (exact) mass is 509 g/mol. The largest absolute Gasteiger partial charge is 0.466 e. The van der Waals surface area contributed by atoms with Gasteiger partial charge in [0.2, 0.25) is 0 Å². The van der Waals surface area contributed by atoms with Gasteiger partial charge in [0.15, 0.2) is 5.96 Å². The van der Waals surface area contributed by atoms with E-state index in [0.717, 1.165) is 42.9 Å². The normalized spacial score (nSPS) is 15.6. The minimum Gasteiger partial charge on any atom is -0.466 e. The molecule has 0 bridgehead atoms. The first kappa shape index (κ1) is 21.2. The number of esters is 1. The second-order valence-electron chi connectivity index (χ2n) is 5.54. The van der Waals surface area contributed by atoms with Crippen molar-refractivity contribution < 1.29 is 9.53 Å². The predicted octanol–water partition coefficient (Wildman–Crippen LogP) is 3.42. The predicted molar refractivity (Wildman–Crippen MR) is 111 cm³/mol. The summed E-state index contributed by atoms with van der Waals surface area (Å²) in [5.74, 6) is 0.839. The molecule has 0 unspecified atom stereocenters. The van der Waals surface area contributed by atoms with E-state index in [1.807, 2.05) is 19.1 Å². The molecular formula is C17H25BrIN3O2. The van der Waals surface area contributed by atoms with Gasteiger partial charge in [-0.2, -0.15) is 0 Å². The van der Waals surface area contributed by atoms with E-state index in [4.69, 9.17) is 4.74 Å². The smallest absolute Gasteiger partial charge is 0.309 e. The van der Waals surface area contributed by atoms with Crippen LogP contribution in [-0.4, -0.2) is 43.6 Å². The van der Waals surface area contributed by atoms with Gasteiger partial charge >= 0.3 is 5.97 Å². The lowest BCUT2D eigenvalue weighted by atomic mass is 9.97. The van der Waals surface area contributed by atoms with E-state index in [0.29, 0.717) is 6.61 Å². The van der Waals surface area contributed by atoms with Crippen LogP contribution in [0.1, 0.15) is 25.3 Å². The Morgan fingerprint density at radius 2 is 2.12 bits per heavy atom. The fourth-order valence-corrected chi connectivity index (χ4v) is 3.19. The maximum Gasteiger partial charge on any atom is 0.309 e. The molecule has 0 radical (unpaired) electrons. The SMILES string of the molecule is CCOC(=O)C1CCN(C(=NC)NCc2cccc(Br)c2)CC1.I. The maximum atomic E-state index is 11.8. The summed E-state index contributed by atoms with van der Waals surface area (Å²) in [7, 11) is 1.79. The molecule has 1 aromatic carbocycles. The van der Waals surface area contributed by atoms with Crippen LogP contribution in [0.5, 0.6) is 0 Å². The van der Waals surface area contributed by atoms with Gasteiger partial charge < -0.3 is 15.0 Å². The Kier molecular flexibility index (Phi) is 9.65. The number of nitrogens with one attached hydrogen (secondary N) is 1. The molecule has 1 fully saturated rings. The van der Waals surface area contributed by atoms with Gasteiger partial charge in [-0.3, -0.25) is 9.79 Å². The van der Waals surface area contributed by atoms with Crippen LogP contribution in [0.15, 0.2) is 33.7 Å². The zero-order valence-corrected chi connectivity index (χ0v) is 18.0. The topological polar surface area (TPSA) is 53.9 Å². The highest BCUT2D eigenvalue weighted by molar-refractivity contribution is 14.0. The average Bonchev–Trinajstić information content (AvgIpc) is 2.56. The van der Waals surface area contributed by atoms with E-state index < -0.39 is 0 Å². The summed E-state index contributed by atoms with van der Waals surface area (Å²) in [6.07, 6.45) is 1.63. The zero-order valence-electron chi connectivity index (χ0n) is 14.1. The first-order valence-corrected chi connectivity index (χ1v) is 8.80. The minimum absolute atomic E-state index is 0. The molecule has 0 aromatic heterocycles. The Bertz CT molecular complexity index is 561. The highest BCUT2D eigenvalue weighted by Gasteiger charge is 2.27. The van der Waals surface area contributed by atoms with E-state index in [1.54, 1.807) is 7.05 Å². The van der Waals surface area contributed by atoms with Gasteiger partial charge in [-0.25, -0.2) is 0 Å². The second-order valence-corrected chi connectivity index (χ2v) is 6.46. The first-order valence-electron chi connectivity index (χ1n) is 8.00. The lowest BCUT2D eigenvalue weighted by Crippen LogP contribution is -2.46. The Hall–Kier alpha value is -0.830. The molecule has 1 heterocycles. The highest BCUT2D eigenvalue weighted by atomic mass is 127. The summed E-state index contributed by atoms with van der Waals surface area (Å²) in [6.45, 7) is 4.67. The molecule has 7 heteroatoms. The Labute approximate surface area is 169 Å². The zero-order chi connectivity index (χ0) is 16.7. The third-order valence-corrected chi connectivity index (χ3v) is 4.46. The standard InChI is InChI=1S/C17H24BrN3O2.HI/c1-3-23-16(22)14-7-9-21(10-8-14)17(19-2)20-12-13-5-4-6-15(18)11-13;/h4-6,11,14H,3,7-10,12H2,1-2H3,(H,19,20);1H. The number of carbonyl (C=O) groups excluding carboxylic acids is 1. The van der Waals surface area contributed by atoms with Crippen molar-refractivity contribution in [2.75, 3.05) is 26.7 Å². The lowest BCUT2D eigenvalue weighted by molar-refractivity contribution is -0.149. The molecule has 1 aliphatic rings. The van der Waals surface area contributed by atoms with Crippen molar-refractivity contribution in [2.45, 2.75) is 26.3 Å². The van der Waals surface area contributed by atoms with Gasteiger partial charge in [0.25, 0.3) is 0 Å². The molecule has 5 nitrogen and oxygen atoms in total. The fraction of sp³-hybridized carbons (Fsp3) is 0.529. The number of carbonyl (C=O) groups is 1. The molecule has 24 heavy (non-hydrogen) atoms. The van der Waals surface area contributed by atoms with Crippen molar-refractivity contribution in [1.29, 1.82) is 0 Å². The van der Waals surface area contributed by atoms with E-state index in [9.17, 15) is 4.79 Å². The van der Waals surface area contributed by atoms with Gasteiger partial charge in [0, 0.05) is 31.2 Å². The van der Waals surface area contributed by atoms with Crippen LogP contribution >= 0.6 is 39.9 Å². The third-order valence-electron chi connectivity index (χ3n) is 3.97. The molecule has 1 N–H and O–H groups in total. The van der Waals surface area contributed by atoms with Crippen LogP contribution in [0.4, 0.5) is 0 Å². The first-order chi connectivity index (χ1) is 11.1. The maximum absolute atomic E-state index is 11.8. The van der Waals surface area contributed by atoms with Crippen LogP contribution in [0.2, 0.25) is 0 Å². The summed E-state index contributed by atoms with van der Waals surface area (Å²) < 4.78 is 6.18. The number of piperidine rings is 1. The van der Waals surface area contributed by atoms with E-state index in [-0.39, 0.29) is 35.9 Å². The number of halogens is 2. The quantitative estimate of drug-likeness (QED) is 0.292. The van der Waals surface area contributed by atoms with Crippen molar-refractivity contribution >= 4 is 51.8 Å². The van der Waals surface area contributed by atoms with Crippen LogP contribution in [0, 0.1) is 5.92 Å². The molecule has 1 aromatic rings. The molecule has 2 rings (SSSR count). The Morgan fingerprint density at radius 3 is 2.71 bits per heavy atom.